The summed E-state index contributed by atoms with van der Waals surface area (Å²) < 4.78 is 5.32. The van der Waals surface area contributed by atoms with Gasteiger partial charge in [-0.25, -0.2) is 9.69 Å². The van der Waals surface area contributed by atoms with Crippen LogP contribution in [0.5, 0.6) is 0 Å². The molecule has 1 heterocycles. The molecule has 1 aromatic rings. The maximum atomic E-state index is 12.5. The van der Waals surface area contributed by atoms with Crippen molar-refractivity contribution in [2.75, 3.05) is 12.3 Å². The summed E-state index contributed by atoms with van der Waals surface area (Å²) in [5.41, 5.74) is 6.79. The lowest BCUT2D eigenvalue weighted by Gasteiger charge is -2.38. The molecule has 114 valence electrons. The number of hydrogen-bond donors (Lipinski definition) is 1. The van der Waals surface area contributed by atoms with Gasteiger partial charge in [-0.2, -0.15) is 0 Å². The van der Waals surface area contributed by atoms with Crippen molar-refractivity contribution in [2.24, 2.45) is 0 Å². The number of carbonyl (C=O) groups excluding carboxylic acids is 2. The van der Waals surface area contributed by atoms with Crippen LogP contribution in [-0.2, 0) is 10.2 Å². The molecule has 0 saturated heterocycles. The van der Waals surface area contributed by atoms with Crippen LogP contribution >= 0.6 is 0 Å². The second-order valence-electron chi connectivity index (χ2n) is 7.06. The molecule has 5 heteroatoms. The molecule has 0 unspecified atom stereocenters. The van der Waals surface area contributed by atoms with Crippen LogP contribution in [0.2, 0.25) is 0 Å². The van der Waals surface area contributed by atoms with Crippen LogP contribution in [-0.4, -0.2) is 29.0 Å². The van der Waals surface area contributed by atoms with Gasteiger partial charge in [-0.3, -0.25) is 4.79 Å². The molecule has 0 radical (unpaired) electrons. The Morgan fingerprint density at radius 3 is 2.52 bits per heavy atom. The largest absolute Gasteiger partial charge is 0.443 e. The minimum absolute atomic E-state index is 0.275. The number of carbonyl (C=O) groups is 2. The summed E-state index contributed by atoms with van der Waals surface area (Å²) in [7, 11) is 0. The molecule has 0 spiro atoms. The molecule has 5 nitrogen and oxygen atoms in total. The monoisotopic (exact) mass is 290 g/mol. The Hall–Kier alpha value is -2.04. The van der Waals surface area contributed by atoms with Crippen LogP contribution in [0, 0.1) is 0 Å². The number of anilines is 1. The molecular formula is C16H22N2O3. The number of benzene rings is 1. The van der Waals surface area contributed by atoms with E-state index < -0.39 is 11.7 Å². The van der Waals surface area contributed by atoms with Gasteiger partial charge in [0, 0.05) is 23.2 Å². The lowest BCUT2D eigenvalue weighted by atomic mass is 9.78. The van der Waals surface area contributed by atoms with Crippen molar-refractivity contribution < 1.29 is 14.3 Å². The first kappa shape index (κ1) is 15.4. The number of hydrogen-bond acceptors (Lipinski definition) is 4. The van der Waals surface area contributed by atoms with Crippen molar-refractivity contribution >= 4 is 17.7 Å². The molecule has 0 aromatic heterocycles. The first-order valence-corrected chi connectivity index (χ1v) is 6.96. The number of fused-ring (bicyclic) bond motifs is 1. The zero-order valence-corrected chi connectivity index (χ0v) is 13.2. The molecule has 1 aliphatic rings. The van der Waals surface area contributed by atoms with Crippen LogP contribution in [0.3, 0.4) is 0 Å². The van der Waals surface area contributed by atoms with Crippen molar-refractivity contribution in [3.05, 3.63) is 29.3 Å². The van der Waals surface area contributed by atoms with E-state index in [1.54, 1.807) is 39.0 Å². The molecule has 0 saturated carbocycles. The predicted octanol–water partition coefficient (Wildman–Crippen LogP) is 2.94. The third kappa shape index (κ3) is 3.01. The normalized spacial score (nSPS) is 17.4. The number of nitrogens with two attached hydrogens (primary N) is 1. The highest BCUT2D eigenvalue weighted by atomic mass is 16.6. The first-order valence-electron chi connectivity index (χ1n) is 6.96. The molecule has 0 atom stereocenters. The Labute approximate surface area is 125 Å². The number of ether oxygens (including phenoxy) is 1. The summed E-state index contributed by atoms with van der Waals surface area (Å²) in [6.45, 7) is 9.57. The smallest absolute Gasteiger partial charge is 0.417 e. The van der Waals surface area contributed by atoms with Gasteiger partial charge in [-0.1, -0.05) is 13.8 Å². The fraction of sp³-hybridized carbons (Fsp3) is 0.500. The lowest BCUT2D eigenvalue weighted by Crippen LogP contribution is -2.51. The average molecular weight is 290 g/mol. The van der Waals surface area contributed by atoms with Crippen molar-refractivity contribution in [2.45, 2.75) is 45.6 Å². The molecule has 21 heavy (non-hydrogen) atoms. The van der Waals surface area contributed by atoms with Gasteiger partial charge in [-0.15, -0.1) is 0 Å². The summed E-state index contributed by atoms with van der Waals surface area (Å²) in [5, 5.41) is 0. The van der Waals surface area contributed by atoms with Crippen molar-refractivity contribution in [3.63, 3.8) is 0 Å². The van der Waals surface area contributed by atoms with Gasteiger partial charge in [0.2, 0.25) is 0 Å². The molecule has 1 aliphatic heterocycles. The fourth-order valence-corrected chi connectivity index (χ4v) is 2.47. The molecule has 0 fully saturated rings. The third-order valence-electron chi connectivity index (χ3n) is 3.42. The molecule has 0 aliphatic carbocycles. The van der Waals surface area contributed by atoms with Gasteiger partial charge >= 0.3 is 6.09 Å². The Morgan fingerprint density at radius 1 is 1.33 bits per heavy atom. The molecule has 2 amide bonds. The Balaban J connectivity index is 2.40. The summed E-state index contributed by atoms with van der Waals surface area (Å²) >= 11 is 0. The molecular weight excluding hydrogens is 268 g/mol. The number of amides is 2. The minimum atomic E-state index is -0.636. The molecule has 0 bridgehead atoms. The Bertz CT molecular complexity index is 600. The lowest BCUT2D eigenvalue weighted by molar-refractivity contribution is 0.0192. The highest BCUT2D eigenvalue weighted by molar-refractivity contribution is 6.05. The summed E-state index contributed by atoms with van der Waals surface area (Å²) in [6, 6.07) is 5.15. The van der Waals surface area contributed by atoms with Crippen LogP contribution in [0.4, 0.5) is 10.5 Å². The molecule has 1 aromatic carbocycles. The highest BCUT2D eigenvalue weighted by Gasteiger charge is 2.41. The molecule has 2 rings (SSSR count). The van der Waals surface area contributed by atoms with E-state index in [0.717, 1.165) is 5.56 Å². The second-order valence-corrected chi connectivity index (χ2v) is 7.06. The van der Waals surface area contributed by atoms with E-state index >= 15 is 0 Å². The van der Waals surface area contributed by atoms with Crippen LogP contribution in [0.15, 0.2) is 18.2 Å². The van der Waals surface area contributed by atoms with E-state index in [9.17, 15) is 9.59 Å². The quantitative estimate of drug-likeness (QED) is 0.746. The minimum Gasteiger partial charge on any atom is -0.443 e. The standard InChI is InChI=1S/C16H22N2O3/c1-15(2,3)21-14(20)18-9-16(4,5)12-8-10(17)6-7-11(12)13(18)19/h6-8H,9,17H2,1-5H3. The number of nitrogens with zero attached hydrogens (tertiary/aromatic N) is 1. The van der Waals surface area contributed by atoms with E-state index in [4.69, 9.17) is 10.5 Å². The Morgan fingerprint density at radius 2 is 1.95 bits per heavy atom. The maximum Gasteiger partial charge on any atom is 0.417 e. The molecule has 2 N–H and O–H groups in total. The van der Waals surface area contributed by atoms with Crippen molar-refractivity contribution in [1.82, 2.24) is 4.90 Å². The zero-order valence-electron chi connectivity index (χ0n) is 13.2. The van der Waals surface area contributed by atoms with Gasteiger partial charge in [-0.05, 0) is 44.5 Å². The maximum absolute atomic E-state index is 12.5. The Kier molecular flexibility index (Phi) is 3.48. The van der Waals surface area contributed by atoms with E-state index in [1.165, 1.54) is 4.90 Å². The van der Waals surface area contributed by atoms with Gasteiger partial charge in [0.25, 0.3) is 5.91 Å². The van der Waals surface area contributed by atoms with E-state index in [0.29, 0.717) is 11.3 Å². The zero-order chi connectivity index (χ0) is 16.0. The predicted molar refractivity (Wildman–Crippen MR) is 81.2 cm³/mol. The van der Waals surface area contributed by atoms with Crippen molar-refractivity contribution in [3.8, 4) is 0 Å². The van der Waals surface area contributed by atoms with Gasteiger partial charge in [0.05, 0.1) is 0 Å². The van der Waals surface area contributed by atoms with Gasteiger partial charge in [0.1, 0.15) is 5.60 Å². The van der Waals surface area contributed by atoms with E-state index in [1.807, 2.05) is 13.8 Å². The topological polar surface area (TPSA) is 72.6 Å². The van der Waals surface area contributed by atoms with Gasteiger partial charge in [0.15, 0.2) is 0 Å². The SMILES string of the molecule is CC(C)(C)OC(=O)N1CC(C)(C)c2cc(N)ccc2C1=O. The van der Waals surface area contributed by atoms with Crippen molar-refractivity contribution in [1.29, 1.82) is 0 Å². The van der Waals surface area contributed by atoms with E-state index in [2.05, 4.69) is 0 Å². The van der Waals surface area contributed by atoms with E-state index in [-0.39, 0.29) is 17.9 Å². The summed E-state index contributed by atoms with van der Waals surface area (Å²) in [4.78, 5) is 25.9. The number of nitrogen functional groups attached to an aromatic ring is 1. The van der Waals surface area contributed by atoms with Crippen LogP contribution in [0.1, 0.15) is 50.5 Å². The fourth-order valence-electron chi connectivity index (χ4n) is 2.47. The van der Waals surface area contributed by atoms with Crippen LogP contribution in [0.25, 0.3) is 0 Å². The van der Waals surface area contributed by atoms with Gasteiger partial charge < -0.3 is 10.5 Å². The first-order chi connectivity index (χ1) is 9.51. The third-order valence-corrected chi connectivity index (χ3v) is 3.42. The highest BCUT2D eigenvalue weighted by Crippen LogP contribution is 2.35. The number of rotatable bonds is 0. The van der Waals surface area contributed by atoms with Crippen LogP contribution < -0.4 is 5.73 Å². The summed E-state index contributed by atoms with van der Waals surface area (Å²) in [5.74, 6) is -0.335. The average Bonchev–Trinajstić information content (AvgIpc) is 2.31. The summed E-state index contributed by atoms with van der Waals surface area (Å²) in [6.07, 6.45) is -0.608. The number of imide groups is 1. The second kappa shape index (κ2) is 4.76.